The van der Waals surface area contributed by atoms with Crippen LogP contribution in [0.1, 0.15) is 44.2 Å². The van der Waals surface area contributed by atoms with Crippen molar-refractivity contribution >= 4 is 5.69 Å². The number of hydrogen-bond donors (Lipinski definition) is 0. The Bertz CT molecular complexity index is 595. The van der Waals surface area contributed by atoms with Crippen LogP contribution in [0.5, 0.6) is 0 Å². The lowest BCUT2D eigenvalue weighted by atomic mass is 9.85. The molecular weight excluding hydrogens is 254 g/mol. The van der Waals surface area contributed by atoms with Crippen molar-refractivity contribution in [1.29, 1.82) is 0 Å². The summed E-state index contributed by atoms with van der Waals surface area (Å²) in [5, 5.41) is 0. The first-order valence-corrected chi connectivity index (χ1v) is 7.95. The molecule has 2 aromatic rings. The number of nitrogens with zero attached hydrogens (tertiary/aromatic N) is 1. The van der Waals surface area contributed by atoms with Gasteiger partial charge >= 0.3 is 0 Å². The van der Waals surface area contributed by atoms with Crippen molar-refractivity contribution < 1.29 is 0 Å². The minimum absolute atomic E-state index is 0.196. The highest BCUT2D eigenvalue weighted by molar-refractivity contribution is 5.57. The van der Waals surface area contributed by atoms with E-state index in [-0.39, 0.29) is 5.41 Å². The Balaban J connectivity index is 1.84. The summed E-state index contributed by atoms with van der Waals surface area (Å²) in [7, 11) is 0. The van der Waals surface area contributed by atoms with Crippen LogP contribution in [0.4, 0.5) is 5.69 Å². The van der Waals surface area contributed by atoms with E-state index in [0.29, 0.717) is 5.92 Å². The van der Waals surface area contributed by atoms with Gasteiger partial charge in [0.2, 0.25) is 0 Å². The van der Waals surface area contributed by atoms with Crippen LogP contribution >= 0.6 is 0 Å². The van der Waals surface area contributed by atoms with Gasteiger partial charge in [-0.25, -0.2) is 0 Å². The third-order valence-corrected chi connectivity index (χ3v) is 4.51. The Hall–Kier alpha value is -1.76. The molecule has 0 aliphatic carbocycles. The van der Waals surface area contributed by atoms with Crippen molar-refractivity contribution in [2.75, 3.05) is 18.0 Å². The summed E-state index contributed by atoms with van der Waals surface area (Å²) < 4.78 is 0. The van der Waals surface area contributed by atoms with Crippen molar-refractivity contribution in [1.82, 2.24) is 0 Å². The Morgan fingerprint density at radius 2 is 1.57 bits per heavy atom. The quantitative estimate of drug-likeness (QED) is 0.749. The summed E-state index contributed by atoms with van der Waals surface area (Å²) in [5.74, 6) is 0.666. The van der Waals surface area contributed by atoms with E-state index in [4.69, 9.17) is 0 Å². The predicted octanol–water partition coefficient (Wildman–Crippen LogP) is 4.98. The fourth-order valence-corrected chi connectivity index (χ4v) is 3.36. The Morgan fingerprint density at radius 3 is 2.29 bits per heavy atom. The van der Waals surface area contributed by atoms with Crippen LogP contribution in [0.2, 0.25) is 0 Å². The zero-order valence-corrected chi connectivity index (χ0v) is 13.3. The maximum Gasteiger partial charge on any atom is 0.0404 e. The van der Waals surface area contributed by atoms with Gasteiger partial charge < -0.3 is 4.90 Å². The lowest BCUT2D eigenvalue weighted by molar-refractivity contribution is 0.588. The summed E-state index contributed by atoms with van der Waals surface area (Å²) >= 11 is 0. The summed E-state index contributed by atoms with van der Waals surface area (Å²) in [6.45, 7) is 9.20. The van der Waals surface area contributed by atoms with Crippen LogP contribution in [0.25, 0.3) is 0 Å². The van der Waals surface area contributed by atoms with E-state index in [2.05, 4.69) is 80.3 Å². The molecule has 3 rings (SSSR count). The molecule has 21 heavy (non-hydrogen) atoms. The lowest BCUT2D eigenvalue weighted by Crippen LogP contribution is -2.24. The van der Waals surface area contributed by atoms with Crippen LogP contribution in [-0.4, -0.2) is 13.1 Å². The molecule has 110 valence electrons. The molecule has 0 unspecified atom stereocenters. The van der Waals surface area contributed by atoms with Gasteiger partial charge in [0.1, 0.15) is 0 Å². The molecule has 1 saturated heterocycles. The molecule has 0 saturated carbocycles. The number of rotatable bonds is 2. The topological polar surface area (TPSA) is 3.24 Å². The zero-order valence-electron chi connectivity index (χ0n) is 13.3. The van der Waals surface area contributed by atoms with Crippen LogP contribution in [0.15, 0.2) is 54.6 Å². The normalized spacial score (nSPS) is 19.0. The first kappa shape index (κ1) is 14.2. The molecule has 0 radical (unpaired) electrons. The standard InChI is InChI=1S/C20H25N/c1-20(2,3)18-11-7-8-12-19(18)21-14-13-17(15-21)16-9-5-4-6-10-16/h4-12,17H,13-15H2,1-3H3/t17-/m0/s1. The molecular formula is C20H25N. The minimum atomic E-state index is 0.196. The lowest BCUT2D eigenvalue weighted by Gasteiger charge is -2.28. The number of para-hydroxylation sites is 1. The molecule has 1 atom stereocenters. The van der Waals surface area contributed by atoms with E-state index >= 15 is 0 Å². The molecule has 1 heterocycles. The molecule has 1 nitrogen and oxygen atoms in total. The molecule has 0 bridgehead atoms. The van der Waals surface area contributed by atoms with Crippen molar-refractivity contribution in [3.8, 4) is 0 Å². The highest BCUT2D eigenvalue weighted by Crippen LogP contribution is 2.36. The fraction of sp³-hybridized carbons (Fsp3) is 0.400. The molecule has 0 amide bonds. The van der Waals surface area contributed by atoms with E-state index in [1.165, 1.54) is 23.2 Å². The zero-order chi connectivity index (χ0) is 14.9. The fourth-order valence-electron chi connectivity index (χ4n) is 3.36. The van der Waals surface area contributed by atoms with Crippen molar-refractivity contribution in [2.24, 2.45) is 0 Å². The molecule has 0 spiro atoms. The van der Waals surface area contributed by atoms with Gasteiger partial charge in [0.25, 0.3) is 0 Å². The second-order valence-electron chi connectivity index (χ2n) is 7.11. The smallest absolute Gasteiger partial charge is 0.0404 e. The third kappa shape index (κ3) is 2.97. The maximum atomic E-state index is 2.57. The molecule has 0 N–H and O–H groups in total. The average molecular weight is 279 g/mol. The Labute approximate surface area is 128 Å². The maximum absolute atomic E-state index is 2.57. The number of benzene rings is 2. The molecule has 1 heteroatoms. The van der Waals surface area contributed by atoms with Gasteiger partial charge in [-0.15, -0.1) is 0 Å². The summed E-state index contributed by atoms with van der Waals surface area (Å²) in [6.07, 6.45) is 1.25. The van der Waals surface area contributed by atoms with Gasteiger partial charge in [-0.1, -0.05) is 69.3 Å². The second kappa shape index (κ2) is 5.55. The summed E-state index contributed by atoms with van der Waals surface area (Å²) in [5.41, 5.74) is 4.55. The number of anilines is 1. The minimum Gasteiger partial charge on any atom is -0.371 e. The van der Waals surface area contributed by atoms with Crippen LogP contribution in [-0.2, 0) is 5.41 Å². The second-order valence-corrected chi connectivity index (χ2v) is 7.11. The van der Waals surface area contributed by atoms with E-state index in [9.17, 15) is 0 Å². The third-order valence-electron chi connectivity index (χ3n) is 4.51. The molecule has 1 aliphatic heterocycles. The van der Waals surface area contributed by atoms with Gasteiger partial charge in [0, 0.05) is 24.7 Å². The van der Waals surface area contributed by atoms with Gasteiger partial charge in [0.05, 0.1) is 0 Å². The average Bonchev–Trinajstić information content (AvgIpc) is 2.97. The van der Waals surface area contributed by atoms with Crippen molar-refractivity contribution in [3.63, 3.8) is 0 Å². The Morgan fingerprint density at radius 1 is 0.905 bits per heavy atom. The van der Waals surface area contributed by atoms with E-state index in [0.717, 1.165) is 13.1 Å². The molecule has 1 aliphatic rings. The van der Waals surface area contributed by atoms with E-state index < -0.39 is 0 Å². The highest BCUT2D eigenvalue weighted by Gasteiger charge is 2.27. The van der Waals surface area contributed by atoms with Crippen molar-refractivity contribution in [3.05, 3.63) is 65.7 Å². The highest BCUT2D eigenvalue weighted by atomic mass is 15.2. The summed E-state index contributed by atoms with van der Waals surface area (Å²) in [4.78, 5) is 2.57. The first-order chi connectivity index (χ1) is 10.1. The van der Waals surface area contributed by atoms with E-state index in [1.54, 1.807) is 0 Å². The monoisotopic (exact) mass is 279 g/mol. The largest absolute Gasteiger partial charge is 0.371 e. The SMILES string of the molecule is CC(C)(C)c1ccccc1N1CC[C@H](c2ccccc2)C1. The Kier molecular flexibility index (Phi) is 3.75. The van der Waals surface area contributed by atoms with E-state index in [1.807, 2.05) is 0 Å². The predicted molar refractivity (Wildman–Crippen MR) is 91.2 cm³/mol. The first-order valence-electron chi connectivity index (χ1n) is 7.95. The van der Waals surface area contributed by atoms with Crippen molar-refractivity contribution in [2.45, 2.75) is 38.5 Å². The molecule has 1 fully saturated rings. The van der Waals surface area contributed by atoms with Gasteiger partial charge in [-0.3, -0.25) is 0 Å². The molecule has 2 aromatic carbocycles. The molecule has 0 aromatic heterocycles. The van der Waals surface area contributed by atoms with Crippen LogP contribution in [0, 0.1) is 0 Å². The van der Waals surface area contributed by atoms with Gasteiger partial charge in [-0.2, -0.15) is 0 Å². The van der Waals surface area contributed by atoms with Crippen LogP contribution < -0.4 is 4.90 Å². The van der Waals surface area contributed by atoms with Gasteiger partial charge in [-0.05, 0) is 29.0 Å². The number of hydrogen-bond acceptors (Lipinski definition) is 1. The van der Waals surface area contributed by atoms with Gasteiger partial charge in [0.15, 0.2) is 0 Å². The van der Waals surface area contributed by atoms with Crippen LogP contribution in [0.3, 0.4) is 0 Å². The summed E-state index contributed by atoms with van der Waals surface area (Å²) in [6, 6.07) is 19.8.